The molecule has 5 heteroatoms. The molecule has 17 heavy (non-hydrogen) atoms. The average molecular weight is 252 g/mol. The fourth-order valence-corrected chi connectivity index (χ4v) is 2.57. The molecule has 1 aromatic heterocycles. The van der Waals surface area contributed by atoms with Crippen LogP contribution in [0.1, 0.15) is 18.7 Å². The van der Waals surface area contributed by atoms with Gasteiger partial charge in [0.1, 0.15) is 5.82 Å². The van der Waals surface area contributed by atoms with Gasteiger partial charge in [0.15, 0.2) is 0 Å². The molecule has 1 aromatic rings. The minimum absolute atomic E-state index is 0.455. The highest BCUT2D eigenvalue weighted by Crippen LogP contribution is 2.17. The molecule has 0 radical (unpaired) electrons. The number of imidazole rings is 1. The van der Waals surface area contributed by atoms with Gasteiger partial charge >= 0.3 is 0 Å². The van der Waals surface area contributed by atoms with Gasteiger partial charge in [-0.25, -0.2) is 4.98 Å². The van der Waals surface area contributed by atoms with Crippen molar-refractivity contribution < 1.29 is 0 Å². The minimum Gasteiger partial charge on any atom is -0.393 e. The van der Waals surface area contributed by atoms with Gasteiger partial charge in [-0.05, 0) is 32.9 Å². The van der Waals surface area contributed by atoms with Crippen molar-refractivity contribution in [3.05, 3.63) is 18.2 Å². The average Bonchev–Trinajstić information content (AvgIpc) is 2.73. The van der Waals surface area contributed by atoms with E-state index >= 15 is 0 Å². The van der Waals surface area contributed by atoms with E-state index in [0.29, 0.717) is 10.9 Å². The maximum Gasteiger partial charge on any atom is 0.105 e. The number of thiocarbonyl (C=S) groups is 1. The molecule has 0 unspecified atom stereocenters. The van der Waals surface area contributed by atoms with Gasteiger partial charge in [0, 0.05) is 31.4 Å². The summed E-state index contributed by atoms with van der Waals surface area (Å²) in [6.45, 7) is 6.36. The summed E-state index contributed by atoms with van der Waals surface area (Å²) >= 11 is 5.05. The van der Waals surface area contributed by atoms with Gasteiger partial charge in [-0.2, -0.15) is 0 Å². The van der Waals surface area contributed by atoms with Crippen LogP contribution in [0.5, 0.6) is 0 Å². The lowest BCUT2D eigenvalue weighted by atomic mass is 9.97. The van der Waals surface area contributed by atoms with Crippen LogP contribution >= 0.6 is 12.2 Å². The maximum atomic E-state index is 5.68. The quantitative estimate of drug-likeness (QED) is 0.818. The van der Waals surface area contributed by atoms with E-state index in [1.54, 1.807) is 0 Å². The van der Waals surface area contributed by atoms with Crippen molar-refractivity contribution in [1.29, 1.82) is 0 Å². The van der Waals surface area contributed by atoms with Crippen molar-refractivity contribution in [3.8, 4) is 0 Å². The Morgan fingerprint density at radius 3 is 2.71 bits per heavy atom. The molecule has 0 atom stereocenters. The topological polar surface area (TPSA) is 47.1 Å². The first kappa shape index (κ1) is 12.5. The fourth-order valence-electron chi connectivity index (χ4n) is 2.33. The molecule has 2 heterocycles. The minimum atomic E-state index is 0.455. The zero-order valence-corrected chi connectivity index (χ0v) is 11.1. The predicted molar refractivity (Wildman–Crippen MR) is 72.9 cm³/mol. The third-order valence-electron chi connectivity index (χ3n) is 3.57. The molecule has 0 aromatic carbocycles. The second-order valence-corrected chi connectivity index (χ2v) is 5.16. The Morgan fingerprint density at radius 1 is 1.47 bits per heavy atom. The monoisotopic (exact) mass is 252 g/mol. The molecule has 94 valence electrons. The van der Waals surface area contributed by atoms with Gasteiger partial charge in [-0.3, -0.25) is 0 Å². The number of nitrogens with two attached hydrogens (primary N) is 1. The highest BCUT2D eigenvalue weighted by molar-refractivity contribution is 7.80. The Labute approximate surface area is 108 Å². The molecule has 0 aliphatic carbocycles. The van der Waals surface area contributed by atoms with Crippen LogP contribution in [-0.4, -0.2) is 39.1 Å². The Morgan fingerprint density at radius 2 is 2.18 bits per heavy atom. The number of hydrogen-bond acceptors (Lipinski definition) is 3. The van der Waals surface area contributed by atoms with E-state index in [1.807, 2.05) is 19.3 Å². The molecule has 0 saturated carbocycles. The van der Waals surface area contributed by atoms with Crippen LogP contribution in [0, 0.1) is 12.8 Å². The number of piperidine rings is 1. The highest BCUT2D eigenvalue weighted by atomic mass is 32.1. The summed E-state index contributed by atoms with van der Waals surface area (Å²) < 4.78 is 2.19. The van der Waals surface area contributed by atoms with Crippen molar-refractivity contribution in [3.63, 3.8) is 0 Å². The molecule has 2 rings (SSSR count). The van der Waals surface area contributed by atoms with Gasteiger partial charge < -0.3 is 15.2 Å². The van der Waals surface area contributed by atoms with Crippen LogP contribution in [0.25, 0.3) is 0 Å². The van der Waals surface area contributed by atoms with Crippen LogP contribution in [0.3, 0.4) is 0 Å². The number of nitrogens with zero attached hydrogens (tertiary/aromatic N) is 3. The van der Waals surface area contributed by atoms with Gasteiger partial charge in [-0.1, -0.05) is 12.2 Å². The van der Waals surface area contributed by atoms with Crippen LogP contribution in [0.4, 0.5) is 0 Å². The summed E-state index contributed by atoms with van der Waals surface area (Å²) in [4.78, 5) is 7.40. The third-order valence-corrected chi connectivity index (χ3v) is 3.90. The summed E-state index contributed by atoms with van der Waals surface area (Å²) in [5.74, 6) is 1.54. The highest BCUT2D eigenvalue weighted by Gasteiger charge is 2.20. The van der Waals surface area contributed by atoms with E-state index < -0.39 is 0 Å². The molecule has 1 fully saturated rings. The summed E-state index contributed by atoms with van der Waals surface area (Å²) in [5, 5.41) is 0. The van der Waals surface area contributed by atoms with Crippen molar-refractivity contribution in [2.24, 2.45) is 11.7 Å². The third kappa shape index (κ3) is 3.26. The first-order chi connectivity index (χ1) is 8.16. The van der Waals surface area contributed by atoms with Crippen LogP contribution < -0.4 is 5.73 Å². The molecule has 2 N–H and O–H groups in total. The second-order valence-electron chi connectivity index (χ2n) is 4.69. The lowest BCUT2D eigenvalue weighted by Crippen LogP contribution is -2.39. The number of likely N-dealkylation sites (tertiary alicyclic amines) is 1. The molecule has 0 bridgehead atoms. The summed E-state index contributed by atoms with van der Waals surface area (Å²) in [5.41, 5.74) is 5.68. The summed E-state index contributed by atoms with van der Waals surface area (Å²) in [6.07, 6.45) is 6.11. The van der Waals surface area contributed by atoms with Crippen LogP contribution in [-0.2, 0) is 6.54 Å². The summed E-state index contributed by atoms with van der Waals surface area (Å²) in [6, 6.07) is 0. The van der Waals surface area contributed by atoms with Gasteiger partial charge in [0.2, 0.25) is 0 Å². The fraction of sp³-hybridized carbons (Fsp3) is 0.667. The first-order valence-corrected chi connectivity index (χ1v) is 6.57. The van der Waals surface area contributed by atoms with E-state index in [-0.39, 0.29) is 0 Å². The zero-order chi connectivity index (χ0) is 12.3. The van der Waals surface area contributed by atoms with Crippen molar-refractivity contribution >= 4 is 17.2 Å². The number of rotatable bonds is 4. The predicted octanol–water partition coefficient (Wildman–Crippen LogP) is 1.19. The van der Waals surface area contributed by atoms with Gasteiger partial charge in [-0.15, -0.1) is 0 Å². The van der Waals surface area contributed by atoms with E-state index in [1.165, 1.54) is 0 Å². The smallest absolute Gasteiger partial charge is 0.105 e. The number of hydrogen-bond donors (Lipinski definition) is 1. The molecule has 1 saturated heterocycles. The van der Waals surface area contributed by atoms with Gasteiger partial charge in [0.05, 0.1) is 4.99 Å². The van der Waals surface area contributed by atoms with Crippen LogP contribution in [0.15, 0.2) is 12.4 Å². The Hall–Kier alpha value is -0.940. The standard InChI is InChI=1S/C12H20N4S/c1-10-14-4-7-16(10)9-8-15-5-2-11(3-6-15)12(13)17/h4,7,11H,2-3,5-6,8-9H2,1H3,(H2,13,17). The first-order valence-electron chi connectivity index (χ1n) is 6.16. The van der Waals surface area contributed by atoms with Crippen LogP contribution in [0.2, 0.25) is 0 Å². The van der Waals surface area contributed by atoms with Crippen molar-refractivity contribution in [2.75, 3.05) is 19.6 Å². The number of aryl methyl sites for hydroxylation is 1. The largest absolute Gasteiger partial charge is 0.393 e. The van der Waals surface area contributed by atoms with Crippen molar-refractivity contribution in [2.45, 2.75) is 26.3 Å². The molecular weight excluding hydrogens is 232 g/mol. The molecule has 1 aliphatic rings. The van der Waals surface area contributed by atoms with E-state index in [4.69, 9.17) is 18.0 Å². The normalized spacial score (nSPS) is 18.4. The molecule has 0 amide bonds. The van der Waals surface area contributed by atoms with Crippen molar-refractivity contribution in [1.82, 2.24) is 14.5 Å². The van der Waals surface area contributed by atoms with Gasteiger partial charge in [0.25, 0.3) is 0 Å². The van der Waals surface area contributed by atoms with E-state index in [2.05, 4.69) is 14.5 Å². The molecular formula is C12H20N4S. The Kier molecular flexibility index (Phi) is 4.12. The Bertz CT molecular complexity index is 380. The second kappa shape index (κ2) is 5.60. The maximum absolute atomic E-state index is 5.68. The molecule has 1 aliphatic heterocycles. The lowest BCUT2D eigenvalue weighted by Gasteiger charge is -2.31. The zero-order valence-electron chi connectivity index (χ0n) is 10.3. The lowest BCUT2D eigenvalue weighted by molar-refractivity contribution is 0.202. The van der Waals surface area contributed by atoms with E-state index in [0.717, 1.165) is 44.8 Å². The Balaban J connectivity index is 1.75. The van der Waals surface area contributed by atoms with E-state index in [9.17, 15) is 0 Å². The molecule has 0 spiro atoms. The molecule has 4 nitrogen and oxygen atoms in total. The number of aromatic nitrogens is 2. The SMILES string of the molecule is Cc1nccn1CCN1CCC(C(N)=S)CC1. The summed E-state index contributed by atoms with van der Waals surface area (Å²) in [7, 11) is 0.